The number of aliphatic hydroxyl groups excluding tert-OH is 2. The van der Waals surface area contributed by atoms with E-state index < -0.39 is 36.4 Å². The molecule has 0 radical (unpaired) electrons. The second-order valence-corrected chi connectivity index (χ2v) is 4.11. The molecule has 0 spiro atoms. The number of hydrogen-bond donors (Lipinski definition) is 3. The molecular formula is C11H12FN3O4. The number of alkyl halides is 1. The van der Waals surface area contributed by atoms with E-state index in [4.69, 9.17) is 22.0 Å². The third-order valence-corrected chi connectivity index (χ3v) is 2.95. The zero-order chi connectivity index (χ0) is 14.2. The molecule has 102 valence electrons. The van der Waals surface area contributed by atoms with Crippen LogP contribution in [0.1, 0.15) is 6.23 Å². The minimum absolute atomic E-state index is 0.0383. The van der Waals surface area contributed by atoms with Gasteiger partial charge in [-0.1, -0.05) is 5.92 Å². The number of nitrogen functional groups attached to an aromatic ring is 1. The van der Waals surface area contributed by atoms with E-state index in [1.165, 1.54) is 6.07 Å². The number of ether oxygens (including phenoxy) is 1. The Morgan fingerprint density at radius 1 is 1.74 bits per heavy atom. The van der Waals surface area contributed by atoms with Crippen molar-refractivity contribution in [3.05, 3.63) is 22.7 Å². The molecule has 19 heavy (non-hydrogen) atoms. The highest BCUT2D eigenvalue weighted by Gasteiger charge is 2.57. The quantitative estimate of drug-likeness (QED) is 0.559. The van der Waals surface area contributed by atoms with Gasteiger partial charge in [-0.2, -0.15) is 4.98 Å². The number of terminal acetylenes is 1. The van der Waals surface area contributed by atoms with E-state index in [-0.39, 0.29) is 5.82 Å². The summed E-state index contributed by atoms with van der Waals surface area (Å²) in [7, 11) is 0. The summed E-state index contributed by atoms with van der Waals surface area (Å²) in [6.45, 7) is -0.637. The lowest BCUT2D eigenvalue weighted by molar-refractivity contribution is -0.0542. The maximum absolute atomic E-state index is 14.6. The van der Waals surface area contributed by atoms with Gasteiger partial charge in [0.15, 0.2) is 6.23 Å². The van der Waals surface area contributed by atoms with Crippen molar-refractivity contribution in [3.8, 4) is 12.3 Å². The Morgan fingerprint density at radius 2 is 2.42 bits per heavy atom. The summed E-state index contributed by atoms with van der Waals surface area (Å²) in [6.07, 6.45) is 1.68. The highest BCUT2D eigenvalue weighted by Crippen LogP contribution is 2.40. The van der Waals surface area contributed by atoms with Gasteiger partial charge in [0.2, 0.25) is 5.67 Å². The van der Waals surface area contributed by atoms with E-state index in [9.17, 15) is 14.3 Å². The van der Waals surface area contributed by atoms with Gasteiger partial charge in [0.05, 0.1) is 6.61 Å². The van der Waals surface area contributed by atoms with Crippen molar-refractivity contribution in [1.29, 1.82) is 0 Å². The van der Waals surface area contributed by atoms with Crippen molar-refractivity contribution in [3.63, 3.8) is 0 Å². The lowest BCUT2D eigenvalue weighted by Crippen LogP contribution is -2.44. The van der Waals surface area contributed by atoms with Crippen molar-refractivity contribution in [2.45, 2.75) is 24.1 Å². The van der Waals surface area contributed by atoms with Crippen LogP contribution in [0, 0.1) is 12.3 Å². The van der Waals surface area contributed by atoms with Gasteiger partial charge in [0.25, 0.3) is 0 Å². The number of nitrogens with zero attached hydrogens (tertiary/aromatic N) is 2. The molecular weight excluding hydrogens is 257 g/mol. The Labute approximate surface area is 107 Å². The molecule has 2 rings (SSSR count). The van der Waals surface area contributed by atoms with Crippen LogP contribution in [0.15, 0.2) is 17.1 Å². The largest absolute Gasteiger partial charge is 0.394 e. The van der Waals surface area contributed by atoms with Crippen molar-refractivity contribution < 1.29 is 19.3 Å². The van der Waals surface area contributed by atoms with Crippen LogP contribution >= 0.6 is 0 Å². The molecule has 1 aliphatic rings. The Balaban J connectivity index is 2.49. The molecule has 8 heteroatoms. The zero-order valence-corrected chi connectivity index (χ0v) is 9.73. The maximum Gasteiger partial charge on any atom is 0.351 e. The first-order valence-electron chi connectivity index (χ1n) is 5.39. The Kier molecular flexibility index (Phi) is 3.28. The molecule has 0 aliphatic carbocycles. The van der Waals surface area contributed by atoms with Crippen LogP contribution in [0.2, 0.25) is 0 Å². The average molecular weight is 269 g/mol. The summed E-state index contributed by atoms with van der Waals surface area (Å²) in [5.41, 5.74) is 1.81. The van der Waals surface area contributed by atoms with Gasteiger partial charge in [-0.3, -0.25) is 4.57 Å². The minimum atomic E-state index is -2.64. The first-order valence-corrected chi connectivity index (χ1v) is 5.39. The van der Waals surface area contributed by atoms with E-state index in [0.717, 1.165) is 10.8 Å². The second kappa shape index (κ2) is 4.62. The van der Waals surface area contributed by atoms with Gasteiger partial charge in [0, 0.05) is 6.20 Å². The SMILES string of the molecule is C#CC1(F)[C@@H](O)[C@@H](CO)O[C@H]1n1ccc(N)nc1=O. The number of aliphatic hydroxyl groups is 2. The van der Waals surface area contributed by atoms with E-state index in [0.29, 0.717) is 0 Å². The van der Waals surface area contributed by atoms with Crippen molar-refractivity contribution >= 4 is 5.82 Å². The summed E-state index contributed by atoms with van der Waals surface area (Å²) in [5, 5.41) is 18.7. The van der Waals surface area contributed by atoms with Crippen molar-refractivity contribution in [1.82, 2.24) is 9.55 Å². The van der Waals surface area contributed by atoms with Gasteiger partial charge in [0.1, 0.15) is 18.0 Å². The lowest BCUT2D eigenvalue weighted by Gasteiger charge is -2.23. The number of nitrogens with two attached hydrogens (primary N) is 1. The molecule has 1 aromatic heterocycles. The average Bonchev–Trinajstić information content (AvgIpc) is 2.63. The van der Waals surface area contributed by atoms with Crippen LogP contribution in [0.5, 0.6) is 0 Å². The molecule has 1 unspecified atom stereocenters. The predicted molar refractivity (Wildman–Crippen MR) is 62.6 cm³/mol. The van der Waals surface area contributed by atoms with Crippen molar-refractivity contribution in [2.75, 3.05) is 12.3 Å². The Morgan fingerprint density at radius 3 is 2.95 bits per heavy atom. The molecule has 0 amide bonds. The molecule has 1 aliphatic heterocycles. The van der Waals surface area contributed by atoms with Crippen molar-refractivity contribution in [2.24, 2.45) is 0 Å². The summed E-state index contributed by atoms with van der Waals surface area (Å²) in [5.74, 6) is 1.73. The molecule has 1 aromatic rings. The highest BCUT2D eigenvalue weighted by atomic mass is 19.1. The van der Waals surface area contributed by atoms with Crippen LogP contribution in [0.25, 0.3) is 0 Å². The Bertz CT molecular complexity index is 584. The molecule has 2 heterocycles. The fraction of sp³-hybridized carbons (Fsp3) is 0.455. The van der Waals surface area contributed by atoms with E-state index in [2.05, 4.69) is 4.98 Å². The smallest absolute Gasteiger partial charge is 0.351 e. The van der Waals surface area contributed by atoms with Crippen LogP contribution in [-0.4, -0.2) is 44.2 Å². The van der Waals surface area contributed by atoms with Crippen LogP contribution in [-0.2, 0) is 4.74 Å². The summed E-state index contributed by atoms with van der Waals surface area (Å²) < 4.78 is 20.4. The minimum Gasteiger partial charge on any atom is -0.394 e. The van der Waals surface area contributed by atoms with Gasteiger partial charge >= 0.3 is 5.69 Å². The molecule has 1 saturated heterocycles. The van der Waals surface area contributed by atoms with E-state index >= 15 is 0 Å². The normalized spacial score (nSPS) is 34.1. The summed E-state index contributed by atoms with van der Waals surface area (Å²) in [4.78, 5) is 15.1. The van der Waals surface area contributed by atoms with E-state index in [1.54, 1.807) is 5.92 Å². The standard InChI is InChI=1S/C11H12FN3O4/c1-2-11(12)8(17)6(5-16)19-9(11)15-4-3-7(13)14-10(15)18/h1,3-4,6,8-9,16-17H,5H2,(H2,13,14,18)/t6-,8+,9-,11?/m1/s1. The molecule has 7 nitrogen and oxygen atoms in total. The third kappa shape index (κ3) is 1.98. The van der Waals surface area contributed by atoms with Crippen LogP contribution in [0.4, 0.5) is 10.2 Å². The monoisotopic (exact) mass is 269 g/mol. The fourth-order valence-electron chi connectivity index (χ4n) is 1.93. The molecule has 4 N–H and O–H groups in total. The molecule has 4 atom stereocenters. The summed E-state index contributed by atoms with van der Waals surface area (Å²) in [6, 6.07) is 1.26. The number of halogens is 1. The lowest BCUT2D eigenvalue weighted by atomic mass is 9.97. The first kappa shape index (κ1) is 13.5. The van der Waals surface area contributed by atoms with Gasteiger partial charge in [-0.25, -0.2) is 9.18 Å². The van der Waals surface area contributed by atoms with Gasteiger partial charge < -0.3 is 20.7 Å². The molecule has 0 saturated carbocycles. The van der Waals surface area contributed by atoms with Crippen LogP contribution < -0.4 is 11.4 Å². The fourth-order valence-corrected chi connectivity index (χ4v) is 1.93. The predicted octanol–water partition coefficient (Wildman–Crippen LogP) is -1.58. The third-order valence-electron chi connectivity index (χ3n) is 2.95. The van der Waals surface area contributed by atoms with Gasteiger partial charge in [-0.15, -0.1) is 6.42 Å². The second-order valence-electron chi connectivity index (χ2n) is 4.11. The zero-order valence-electron chi connectivity index (χ0n) is 9.73. The highest BCUT2D eigenvalue weighted by molar-refractivity contribution is 5.25. The molecule has 0 aromatic carbocycles. The molecule has 1 fully saturated rings. The maximum atomic E-state index is 14.6. The number of hydrogen-bond acceptors (Lipinski definition) is 6. The Hall–Kier alpha value is -1.95. The number of aromatic nitrogens is 2. The van der Waals surface area contributed by atoms with Crippen LogP contribution in [0.3, 0.4) is 0 Å². The van der Waals surface area contributed by atoms with E-state index in [1.807, 2.05) is 0 Å². The first-order chi connectivity index (χ1) is 8.93. The molecule has 0 bridgehead atoms. The van der Waals surface area contributed by atoms with Gasteiger partial charge in [-0.05, 0) is 6.07 Å². The summed E-state index contributed by atoms with van der Waals surface area (Å²) >= 11 is 0. The number of anilines is 1. The number of rotatable bonds is 2. The topological polar surface area (TPSA) is 111 Å².